The lowest BCUT2D eigenvalue weighted by atomic mass is 9.97. The van der Waals surface area contributed by atoms with Crippen molar-refractivity contribution in [3.63, 3.8) is 0 Å². The molecule has 1 aliphatic carbocycles. The van der Waals surface area contributed by atoms with Crippen LogP contribution >= 0.6 is 12.2 Å². The first-order valence-corrected chi connectivity index (χ1v) is 6.28. The first-order valence-electron chi connectivity index (χ1n) is 5.87. The van der Waals surface area contributed by atoms with Crippen LogP contribution < -0.4 is 10.6 Å². The number of nitrogens with one attached hydrogen (secondary N) is 2. The summed E-state index contributed by atoms with van der Waals surface area (Å²) < 4.78 is 0. The van der Waals surface area contributed by atoms with E-state index >= 15 is 0 Å². The lowest BCUT2D eigenvalue weighted by molar-refractivity contribution is 0.427. The van der Waals surface area contributed by atoms with Gasteiger partial charge in [0.05, 0.1) is 0 Å². The van der Waals surface area contributed by atoms with Gasteiger partial charge in [0, 0.05) is 12.6 Å². The van der Waals surface area contributed by atoms with Crippen molar-refractivity contribution in [2.75, 3.05) is 6.54 Å². The second-order valence-corrected chi connectivity index (χ2v) is 4.45. The average Bonchev–Trinajstić information content (AvgIpc) is 2.10. The molecule has 0 aromatic rings. The molecule has 0 aromatic carbocycles. The van der Waals surface area contributed by atoms with Crippen molar-refractivity contribution in [3.05, 3.63) is 0 Å². The third-order valence-corrected chi connectivity index (χ3v) is 3.04. The molecule has 1 saturated carbocycles. The highest BCUT2D eigenvalue weighted by Gasteiger charge is 2.11. The molecule has 0 bridgehead atoms. The first kappa shape index (κ1) is 11.8. The normalized spacial score (nSPS) is 19.5. The minimum absolute atomic E-state index is 0.613. The fourth-order valence-electron chi connectivity index (χ4n) is 2.00. The van der Waals surface area contributed by atoms with Gasteiger partial charge in [-0.25, -0.2) is 0 Å². The molecule has 0 heterocycles. The Morgan fingerprint density at radius 1 is 1.14 bits per heavy atom. The summed E-state index contributed by atoms with van der Waals surface area (Å²) in [5, 5.41) is 7.39. The SMILES string of the molecule is CCNC(=S)NC1CCCCCCC1. The molecule has 14 heavy (non-hydrogen) atoms. The van der Waals surface area contributed by atoms with E-state index in [0.717, 1.165) is 11.7 Å². The van der Waals surface area contributed by atoms with E-state index in [2.05, 4.69) is 17.6 Å². The van der Waals surface area contributed by atoms with Crippen LogP contribution in [-0.4, -0.2) is 17.7 Å². The molecular formula is C11H22N2S. The van der Waals surface area contributed by atoms with Gasteiger partial charge in [0.2, 0.25) is 0 Å². The molecule has 0 amide bonds. The van der Waals surface area contributed by atoms with E-state index in [-0.39, 0.29) is 0 Å². The second-order valence-electron chi connectivity index (χ2n) is 4.05. The number of hydrogen-bond donors (Lipinski definition) is 2. The lowest BCUT2D eigenvalue weighted by Crippen LogP contribution is -2.42. The van der Waals surface area contributed by atoms with Crippen LogP contribution in [0.2, 0.25) is 0 Å². The Balaban J connectivity index is 2.22. The fraction of sp³-hybridized carbons (Fsp3) is 0.909. The largest absolute Gasteiger partial charge is 0.363 e. The summed E-state index contributed by atoms with van der Waals surface area (Å²) in [6, 6.07) is 0.613. The molecule has 1 rings (SSSR count). The minimum atomic E-state index is 0.613. The van der Waals surface area contributed by atoms with Crippen molar-refractivity contribution in [2.45, 2.75) is 57.9 Å². The zero-order valence-electron chi connectivity index (χ0n) is 9.14. The highest BCUT2D eigenvalue weighted by Crippen LogP contribution is 2.16. The van der Waals surface area contributed by atoms with Gasteiger partial charge >= 0.3 is 0 Å². The van der Waals surface area contributed by atoms with Crippen molar-refractivity contribution in [1.82, 2.24) is 10.6 Å². The fourth-order valence-corrected chi connectivity index (χ4v) is 2.31. The van der Waals surface area contributed by atoms with Crippen molar-refractivity contribution in [1.29, 1.82) is 0 Å². The number of thiocarbonyl (C=S) groups is 1. The van der Waals surface area contributed by atoms with Gasteiger partial charge in [-0.05, 0) is 32.0 Å². The third-order valence-electron chi connectivity index (χ3n) is 2.78. The molecule has 0 atom stereocenters. The van der Waals surface area contributed by atoms with Crippen molar-refractivity contribution >= 4 is 17.3 Å². The highest BCUT2D eigenvalue weighted by atomic mass is 32.1. The first-order chi connectivity index (χ1) is 6.83. The van der Waals surface area contributed by atoms with Gasteiger partial charge in [-0.1, -0.05) is 32.1 Å². The molecule has 1 aliphatic rings. The molecule has 2 N–H and O–H groups in total. The van der Waals surface area contributed by atoms with Gasteiger partial charge in [-0.15, -0.1) is 0 Å². The predicted molar refractivity (Wildman–Crippen MR) is 65.5 cm³/mol. The maximum atomic E-state index is 5.19. The van der Waals surface area contributed by atoms with Crippen LogP contribution in [0.3, 0.4) is 0 Å². The van der Waals surface area contributed by atoms with Crippen molar-refractivity contribution in [2.24, 2.45) is 0 Å². The summed E-state index contributed by atoms with van der Waals surface area (Å²) in [7, 11) is 0. The van der Waals surface area contributed by atoms with E-state index in [1.807, 2.05) is 0 Å². The smallest absolute Gasteiger partial charge is 0.166 e. The maximum Gasteiger partial charge on any atom is 0.166 e. The van der Waals surface area contributed by atoms with Gasteiger partial charge in [0.25, 0.3) is 0 Å². The van der Waals surface area contributed by atoms with Crippen LogP contribution in [-0.2, 0) is 0 Å². The summed E-state index contributed by atoms with van der Waals surface area (Å²) in [6.07, 6.45) is 9.48. The van der Waals surface area contributed by atoms with Crippen LogP contribution in [0.4, 0.5) is 0 Å². The van der Waals surface area contributed by atoms with Crippen LogP contribution in [0.15, 0.2) is 0 Å². The van der Waals surface area contributed by atoms with Crippen LogP contribution in [0.5, 0.6) is 0 Å². The summed E-state index contributed by atoms with van der Waals surface area (Å²) in [6.45, 7) is 2.99. The van der Waals surface area contributed by atoms with Gasteiger partial charge < -0.3 is 10.6 Å². The third kappa shape index (κ3) is 4.80. The zero-order valence-corrected chi connectivity index (χ0v) is 9.96. The summed E-state index contributed by atoms with van der Waals surface area (Å²) >= 11 is 5.19. The Labute approximate surface area is 92.8 Å². The molecule has 0 aromatic heterocycles. The quantitative estimate of drug-likeness (QED) is 0.691. The summed E-state index contributed by atoms with van der Waals surface area (Å²) in [5.74, 6) is 0. The predicted octanol–water partition coefficient (Wildman–Crippen LogP) is 2.58. The van der Waals surface area contributed by atoms with E-state index in [1.165, 1.54) is 44.9 Å². The Hall–Kier alpha value is -0.310. The molecule has 1 fully saturated rings. The standard InChI is InChI=1S/C11H22N2S/c1-2-12-11(14)13-10-8-6-4-3-5-7-9-10/h10H,2-9H2,1H3,(H2,12,13,14). The Bertz CT molecular complexity index is 163. The molecule has 0 radical (unpaired) electrons. The van der Waals surface area contributed by atoms with E-state index in [4.69, 9.17) is 12.2 Å². The van der Waals surface area contributed by atoms with Gasteiger partial charge in [-0.3, -0.25) is 0 Å². The van der Waals surface area contributed by atoms with Crippen molar-refractivity contribution < 1.29 is 0 Å². The van der Waals surface area contributed by atoms with E-state index in [1.54, 1.807) is 0 Å². The van der Waals surface area contributed by atoms with Gasteiger partial charge in [-0.2, -0.15) is 0 Å². The van der Waals surface area contributed by atoms with E-state index in [9.17, 15) is 0 Å². The Morgan fingerprint density at radius 3 is 2.29 bits per heavy atom. The van der Waals surface area contributed by atoms with Crippen LogP contribution in [0, 0.1) is 0 Å². The molecule has 82 valence electrons. The summed E-state index contributed by atoms with van der Waals surface area (Å²) in [5.41, 5.74) is 0. The topological polar surface area (TPSA) is 24.1 Å². The second kappa shape index (κ2) is 7.04. The Morgan fingerprint density at radius 2 is 1.71 bits per heavy atom. The molecule has 3 heteroatoms. The average molecular weight is 214 g/mol. The molecule has 0 unspecified atom stereocenters. The van der Waals surface area contributed by atoms with E-state index < -0.39 is 0 Å². The molecule has 0 spiro atoms. The molecule has 0 saturated heterocycles. The number of rotatable bonds is 2. The Kier molecular flexibility index (Phi) is 5.92. The number of hydrogen-bond acceptors (Lipinski definition) is 1. The minimum Gasteiger partial charge on any atom is -0.363 e. The molecular weight excluding hydrogens is 192 g/mol. The maximum absolute atomic E-state index is 5.19. The zero-order chi connectivity index (χ0) is 10.2. The van der Waals surface area contributed by atoms with Crippen LogP contribution in [0.25, 0.3) is 0 Å². The van der Waals surface area contributed by atoms with Crippen molar-refractivity contribution in [3.8, 4) is 0 Å². The van der Waals surface area contributed by atoms with Gasteiger partial charge in [0.15, 0.2) is 5.11 Å². The van der Waals surface area contributed by atoms with E-state index in [0.29, 0.717) is 6.04 Å². The highest BCUT2D eigenvalue weighted by molar-refractivity contribution is 7.80. The monoisotopic (exact) mass is 214 g/mol. The molecule has 0 aliphatic heterocycles. The summed E-state index contributed by atoms with van der Waals surface area (Å²) in [4.78, 5) is 0. The van der Waals surface area contributed by atoms with Crippen LogP contribution in [0.1, 0.15) is 51.9 Å². The van der Waals surface area contributed by atoms with Gasteiger partial charge in [0.1, 0.15) is 0 Å². The molecule has 2 nitrogen and oxygen atoms in total. The lowest BCUT2D eigenvalue weighted by Gasteiger charge is -2.22.